The number of hydrogen-bond donors (Lipinski definition) is 1. The van der Waals surface area contributed by atoms with Crippen LogP contribution in [0, 0.1) is 0 Å². The largest absolute Gasteiger partial charge is 0.383 e. The van der Waals surface area contributed by atoms with Crippen LogP contribution >= 0.6 is 0 Å². The van der Waals surface area contributed by atoms with E-state index in [1.807, 2.05) is 6.92 Å². The van der Waals surface area contributed by atoms with Crippen LogP contribution in [0.15, 0.2) is 12.7 Å². The first-order valence-corrected chi connectivity index (χ1v) is 4.81. The Labute approximate surface area is 85.7 Å². The summed E-state index contributed by atoms with van der Waals surface area (Å²) in [7, 11) is 1.53. The van der Waals surface area contributed by atoms with Crippen molar-refractivity contribution in [3.8, 4) is 0 Å². The summed E-state index contributed by atoms with van der Waals surface area (Å²) in [6.07, 6.45) is 2.62. The molecule has 1 unspecified atom stereocenters. The molecule has 0 aliphatic carbocycles. The van der Waals surface area contributed by atoms with Crippen molar-refractivity contribution in [1.82, 2.24) is 4.90 Å². The Balaban J connectivity index is 4.18. The van der Waals surface area contributed by atoms with Crippen LogP contribution < -0.4 is 5.73 Å². The molecule has 1 atom stereocenters. The lowest BCUT2D eigenvalue weighted by atomic mass is 10.2. The number of nitrogens with zero attached hydrogens (tertiary/aromatic N) is 1. The highest BCUT2D eigenvalue weighted by atomic mass is 16.5. The third kappa shape index (κ3) is 4.39. The van der Waals surface area contributed by atoms with Crippen LogP contribution in [0.4, 0.5) is 0 Å². The van der Waals surface area contributed by atoms with E-state index in [1.165, 1.54) is 7.11 Å². The van der Waals surface area contributed by atoms with Crippen molar-refractivity contribution in [2.24, 2.45) is 5.73 Å². The molecule has 0 spiro atoms. The standard InChI is InChI=1S/C10H20N2O2/c1-4-6-12(7-5-2)10(13)9(11)8-14-3/h4,9H,1,5-8,11H2,2-3H3. The fraction of sp³-hybridized carbons (Fsp3) is 0.700. The first-order chi connectivity index (χ1) is 6.67. The summed E-state index contributed by atoms with van der Waals surface area (Å²) in [4.78, 5) is 13.4. The Morgan fingerprint density at radius 2 is 2.36 bits per heavy atom. The normalized spacial score (nSPS) is 12.2. The molecular weight excluding hydrogens is 180 g/mol. The maximum atomic E-state index is 11.7. The highest BCUT2D eigenvalue weighted by molar-refractivity contribution is 5.81. The van der Waals surface area contributed by atoms with Crippen LogP contribution in [-0.2, 0) is 9.53 Å². The van der Waals surface area contributed by atoms with E-state index in [0.717, 1.165) is 6.42 Å². The van der Waals surface area contributed by atoms with Crippen LogP contribution in [-0.4, -0.2) is 43.7 Å². The van der Waals surface area contributed by atoms with Gasteiger partial charge in [-0.15, -0.1) is 6.58 Å². The third-order valence-corrected chi connectivity index (χ3v) is 1.82. The molecule has 4 nitrogen and oxygen atoms in total. The number of rotatable bonds is 7. The zero-order valence-corrected chi connectivity index (χ0v) is 9.03. The zero-order chi connectivity index (χ0) is 11.0. The van der Waals surface area contributed by atoms with E-state index in [2.05, 4.69) is 6.58 Å². The molecule has 0 saturated carbocycles. The number of hydrogen-bond acceptors (Lipinski definition) is 3. The van der Waals surface area contributed by atoms with Gasteiger partial charge in [0, 0.05) is 20.2 Å². The number of amides is 1. The van der Waals surface area contributed by atoms with Gasteiger partial charge in [0.05, 0.1) is 6.61 Å². The first-order valence-electron chi connectivity index (χ1n) is 4.81. The van der Waals surface area contributed by atoms with Crippen molar-refractivity contribution in [2.45, 2.75) is 19.4 Å². The summed E-state index contributed by atoms with van der Waals surface area (Å²) in [5.41, 5.74) is 5.64. The van der Waals surface area contributed by atoms with Crippen LogP contribution in [0.2, 0.25) is 0 Å². The van der Waals surface area contributed by atoms with Gasteiger partial charge in [-0.3, -0.25) is 4.79 Å². The molecule has 4 heteroatoms. The third-order valence-electron chi connectivity index (χ3n) is 1.82. The SMILES string of the molecule is C=CCN(CCC)C(=O)C(N)COC. The van der Waals surface area contributed by atoms with Crippen molar-refractivity contribution in [3.05, 3.63) is 12.7 Å². The van der Waals surface area contributed by atoms with Gasteiger partial charge in [-0.05, 0) is 6.42 Å². The maximum absolute atomic E-state index is 11.7. The summed E-state index contributed by atoms with van der Waals surface area (Å²) >= 11 is 0. The van der Waals surface area contributed by atoms with Gasteiger partial charge in [0.2, 0.25) is 5.91 Å². The van der Waals surface area contributed by atoms with Crippen molar-refractivity contribution in [2.75, 3.05) is 26.8 Å². The Morgan fingerprint density at radius 3 is 2.79 bits per heavy atom. The second-order valence-corrected chi connectivity index (χ2v) is 3.13. The molecule has 0 fully saturated rings. The van der Waals surface area contributed by atoms with Gasteiger partial charge in [0.25, 0.3) is 0 Å². The molecule has 0 aliphatic rings. The van der Waals surface area contributed by atoms with Crippen LogP contribution in [0.1, 0.15) is 13.3 Å². The molecule has 0 aromatic heterocycles. The molecule has 0 aromatic carbocycles. The summed E-state index contributed by atoms with van der Waals surface area (Å²) < 4.78 is 4.83. The number of ether oxygens (including phenoxy) is 1. The summed E-state index contributed by atoms with van der Waals surface area (Å²) in [6.45, 7) is 7.14. The molecule has 0 saturated heterocycles. The van der Waals surface area contributed by atoms with Gasteiger partial charge in [-0.25, -0.2) is 0 Å². The molecule has 1 amide bonds. The lowest BCUT2D eigenvalue weighted by Gasteiger charge is -2.23. The quantitative estimate of drug-likeness (QED) is 0.605. The molecule has 0 aliphatic heterocycles. The minimum absolute atomic E-state index is 0.0754. The second kappa shape index (κ2) is 7.53. The van der Waals surface area contributed by atoms with E-state index in [4.69, 9.17) is 10.5 Å². The van der Waals surface area contributed by atoms with Crippen molar-refractivity contribution >= 4 is 5.91 Å². The minimum Gasteiger partial charge on any atom is -0.383 e. The first kappa shape index (κ1) is 13.1. The molecule has 0 heterocycles. The molecular formula is C10H20N2O2. The maximum Gasteiger partial charge on any atom is 0.242 e. The van der Waals surface area contributed by atoms with E-state index in [-0.39, 0.29) is 12.5 Å². The average molecular weight is 200 g/mol. The summed E-state index contributed by atoms with van der Waals surface area (Å²) in [5.74, 6) is -0.0754. The van der Waals surface area contributed by atoms with E-state index < -0.39 is 6.04 Å². The molecule has 82 valence electrons. The smallest absolute Gasteiger partial charge is 0.242 e. The average Bonchev–Trinajstić information content (AvgIpc) is 2.17. The molecule has 0 bridgehead atoms. The lowest BCUT2D eigenvalue weighted by Crippen LogP contribution is -2.46. The number of nitrogens with two attached hydrogens (primary N) is 1. The Morgan fingerprint density at radius 1 is 1.71 bits per heavy atom. The van der Waals surface area contributed by atoms with E-state index >= 15 is 0 Å². The van der Waals surface area contributed by atoms with Crippen molar-refractivity contribution in [1.29, 1.82) is 0 Å². The zero-order valence-electron chi connectivity index (χ0n) is 9.03. The topological polar surface area (TPSA) is 55.6 Å². The van der Waals surface area contributed by atoms with Crippen molar-refractivity contribution < 1.29 is 9.53 Å². The van der Waals surface area contributed by atoms with Gasteiger partial charge in [-0.2, -0.15) is 0 Å². The van der Waals surface area contributed by atoms with E-state index in [1.54, 1.807) is 11.0 Å². The lowest BCUT2D eigenvalue weighted by molar-refractivity contribution is -0.133. The molecule has 0 radical (unpaired) electrons. The van der Waals surface area contributed by atoms with Gasteiger partial charge in [0.1, 0.15) is 6.04 Å². The summed E-state index contributed by atoms with van der Waals surface area (Å²) in [6, 6.07) is -0.563. The van der Waals surface area contributed by atoms with Gasteiger partial charge >= 0.3 is 0 Å². The molecule has 0 rings (SSSR count). The van der Waals surface area contributed by atoms with Gasteiger partial charge in [-0.1, -0.05) is 13.0 Å². The van der Waals surface area contributed by atoms with E-state index in [0.29, 0.717) is 13.1 Å². The predicted molar refractivity (Wildman–Crippen MR) is 56.9 cm³/mol. The number of carbonyl (C=O) groups excluding carboxylic acids is 1. The van der Waals surface area contributed by atoms with Crippen LogP contribution in [0.3, 0.4) is 0 Å². The Kier molecular flexibility index (Phi) is 7.06. The molecule has 14 heavy (non-hydrogen) atoms. The molecule has 0 aromatic rings. The Bertz CT molecular complexity index is 183. The van der Waals surface area contributed by atoms with Crippen molar-refractivity contribution in [3.63, 3.8) is 0 Å². The fourth-order valence-electron chi connectivity index (χ4n) is 1.20. The second-order valence-electron chi connectivity index (χ2n) is 3.13. The Hall–Kier alpha value is -0.870. The van der Waals surface area contributed by atoms with Crippen LogP contribution in [0.25, 0.3) is 0 Å². The monoisotopic (exact) mass is 200 g/mol. The highest BCUT2D eigenvalue weighted by Crippen LogP contribution is 1.96. The predicted octanol–water partition coefficient (Wildman–Crippen LogP) is 0.385. The molecule has 2 N–H and O–H groups in total. The number of carbonyl (C=O) groups is 1. The summed E-state index contributed by atoms with van der Waals surface area (Å²) in [5, 5.41) is 0. The van der Waals surface area contributed by atoms with E-state index in [9.17, 15) is 4.79 Å². The van der Waals surface area contributed by atoms with Gasteiger partial charge in [0.15, 0.2) is 0 Å². The highest BCUT2D eigenvalue weighted by Gasteiger charge is 2.18. The van der Waals surface area contributed by atoms with Gasteiger partial charge < -0.3 is 15.4 Å². The minimum atomic E-state index is -0.563. The fourth-order valence-corrected chi connectivity index (χ4v) is 1.20. The number of methoxy groups -OCH3 is 1. The van der Waals surface area contributed by atoms with Crippen LogP contribution in [0.5, 0.6) is 0 Å².